The number of amides is 1. The second kappa shape index (κ2) is 11.4. The van der Waals surface area contributed by atoms with Crippen LogP contribution in [0.25, 0.3) is 0 Å². The predicted octanol–water partition coefficient (Wildman–Crippen LogP) is 5.86. The molecule has 0 saturated carbocycles. The zero-order valence-electron chi connectivity index (χ0n) is 20.0. The van der Waals surface area contributed by atoms with Crippen LogP contribution < -0.4 is 15.0 Å². The largest absolute Gasteiger partial charge is 0.489 e. The molecule has 190 valence electrons. The first-order chi connectivity index (χ1) is 18.0. The van der Waals surface area contributed by atoms with Gasteiger partial charge in [0, 0.05) is 28.8 Å². The summed E-state index contributed by atoms with van der Waals surface area (Å²) in [5, 5.41) is 3.61. The van der Waals surface area contributed by atoms with Gasteiger partial charge in [-0.15, -0.1) is 0 Å². The standard InChI is InChI=1S/C28H25BrClFN4O2/c29-21-7-6-20(25(31)14-21)10-11-33-28(36)24-2-1-3-26-27(24)37-13-12-34(26)17-23-15-32-18-35(23)16-19-4-8-22(30)9-5-19/h1-9,14-15,18H,10-13,16-17H2,(H,33,36). The molecule has 1 amide bonds. The van der Waals surface area contributed by atoms with E-state index >= 15 is 0 Å². The van der Waals surface area contributed by atoms with Gasteiger partial charge in [0.05, 0.1) is 36.4 Å². The molecule has 0 bridgehead atoms. The summed E-state index contributed by atoms with van der Waals surface area (Å²) in [6.45, 7) is 2.78. The van der Waals surface area contributed by atoms with Crippen molar-refractivity contribution in [2.45, 2.75) is 19.5 Å². The molecule has 1 aliphatic heterocycles. The molecule has 5 rings (SSSR count). The molecule has 0 unspecified atom stereocenters. The van der Waals surface area contributed by atoms with Crippen LogP contribution in [-0.2, 0) is 19.5 Å². The lowest BCUT2D eigenvalue weighted by atomic mass is 10.1. The monoisotopic (exact) mass is 582 g/mol. The summed E-state index contributed by atoms with van der Waals surface area (Å²) in [4.78, 5) is 19.6. The zero-order chi connectivity index (χ0) is 25.8. The molecular formula is C28H25BrClFN4O2. The lowest BCUT2D eigenvalue weighted by Gasteiger charge is -2.32. The normalized spacial score (nSPS) is 12.7. The minimum atomic E-state index is -0.296. The summed E-state index contributed by atoms with van der Waals surface area (Å²) in [6.07, 6.45) is 4.08. The second-order valence-corrected chi connectivity index (χ2v) is 10.2. The van der Waals surface area contributed by atoms with Crippen molar-refractivity contribution in [3.05, 3.63) is 111 Å². The van der Waals surface area contributed by atoms with Crippen LogP contribution in [0.5, 0.6) is 5.75 Å². The van der Waals surface area contributed by atoms with E-state index < -0.39 is 0 Å². The van der Waals surface area contributed by atoms with E-state index in [0.29, 0.717) is 65.6 Å². The van der Waals surface area contributed by atoms with Gasteiger partial charge in [-0.05, 0) is 53.9 Å². The Morgan fingerprint density at radius 2 is 1.97 bits per heavy atom. The third kappa shape index (κ3) is 5.97. The van der Waals surface area contributed by atoms with Gasteiger partial charge in [-0.25, -0.2) is 9.37 Å². The molecule has 1 aliphatic rings. The molecule has 0 fully saturated rings. The van der Waals surface area contributed by atoms with Crippen LogP contribution in [0.15, 0.2) is 77.7 Å². The van der Waals surface area contributed by atoms with Gasteiger partial charge in [-0.1, -0.05) is 51.8 Å². The summed E-state index contributed by atoms with van der Waals surface area (Å²) in [6, 6.07) is 18.3. The van der Waals surface area contributed by atoms with Crippen molar-refractivity contribution < 1.29 is 13.9 Å². The zero-order valence-corrected chi connectivity index (χ0v) is 22.3. The molecule has 1 N–H and O–H groups in total. The number of rotatable bonds is 8. The van der Waals surface area contributed by atoms with E-state index in [1.807, 2.05) is 48.9 Å². The van der Waals surface area contributed by atoms with Gasteiger partial charge in [-0.3, -0.25) is 4.79 Å². The van der Waals surface area contributed by atoms with Crippen molar-refractivity contribution in [1.82, 2.24) is 14.9 Å². The molecular weight excluding hydrogens is 559 g/mol. The molecule has 2 heterocycles. The average Bonchev–Trinajstić information content (AvgIpc) is 3.33. The van der Waals surface area contributed by atoms with E-state index in [2.05, 4.69) is 35.7 Å². The Balaban J connectivity index is 1.28. The first kappa shape index (κ1) is 25.3. The Hall–Kier alpha value is -3.36. The molecule has 0 aliphatic carbocycles. The summed E-state index contributed by atoms with van der Waals surface area (Å²) in [5.74, 6) is 0.0174. The third-order valence-electron chi connectivity index (χ3n) is 6.30. The molecule has 37 heavy (non-hydrogen) atoms. The number of hydrogen-bond donors (Lipinski definition) is 1. The molecule has 6 nitrogen and oxygen atoms in total. The fraction of sp³-hybridized carbons (Fsp3) is 0.214. The molecule has 1 aromatic heterocycles. The molecule has 0 atom stereocenters. The highest BCUT2D eigenvalue weighted by Gasteiger charge is 2.24. The highest BCUT2D eigenvalue weighted by molar-refractivity contribution is 9.10. The van der Waals surface area contributed by atoms with E-state index in [1.165, 1.54) is 6.07 Å². The van der Waals surface area contributed by atoms with Crippen LogP contribution in [0, 0.1) is 5.82 Å². The molecule has 9 heteroatoms. The first-order valence-electron chi connectivity index (χ1n) is 11.9. The minimum absolute atomic E-state index is 0.246. The van der Waals surface area contributed by atoms with Gasteiger partial charge in [0.25, 0.3) is 5.91 Å². The summed E-state index contributed by atoms with van der Waals surface area (Å²) in [7, 11) is 0. The maximum Gasteiger partial charge on any atom is 0.255 e. The fourth-order valence-corrected chi connectivity index (χ4v) is 4.84. The number of anilines is 1. The topological polar surface area (TPSA) is 59.4 Å². The van der Waals surface area contributed by atoms with Crippen molar-refractivity contribution in [2.75, 3.05) is 24.6 Å². The number of ether oxygens (including phenoxy) is 1. The number of carbonyl (C=O) groups is 1. The summed E-state index contributed by atoms with van der Waals surface area (Å²) >= 11 is 9.28. The Morgan fingerprint density at radius 3 is 2.78 bits per heavy atom. The van der Waals surface area contributed by atoms with Gasteiger partial charge in [0.15, 0.2) is 5.75 Å². The number of para-hydroxylation sites is 1. The average molecular weight is 584 g/mol. The number of carbonyl (C=O) groups excluding carboxylic acids is 1. The van der Waals surface area contributed by atoms with E-state index in [4.69, 9.17) is 16.3 Å². The van der Waals surface area contributed by atoms with E-state index in [1.54, 1.807) is 18.2 Å². The fourth-order valence-electron chi connectivity index (χ4n) is 4.38. The van der Waals surface area contributed by atoms with Crippen LogP contribution in [0.2, 0.25) is 5.02 Å². The van der Waals surface area contributed by atoms with Gasteiger partial charge < -0.3 is 19.5 Å². The quantitative estimate of drug-likeness (QED) is 0.282. The Morgan fingerprint density at radius 1 is 1.14 bits per heavy atom. The molecule has 3 aromatic carbocycles. The Labute approximate surface area is 228 Å². The summed E-state index contributed by atoms with van der Waals surface area (Å²) < 4.78 is 22.9. The number of imidazole rings is 1. The predicted molar refractivity (Wildman–Crippen MR) is 146 cm³/mol. The van der Waals surface area contributed by atoms with E-state index in [-0.39, 0.29) is 11.7 Å². The van der Waals surface area contributed by atoms with Crippen LogP contribution in [0.4, 0.5) is 10.1 Å². The van der Waals surface area contributed by atoms with Crippen molar-refractivity contribution >= 4 is 39.1 Å². The van der Waals surface area contributed by atoms with Crippen LogP contribution in [0.3, 0.4) is 0 Å². The highest BCUT2D eigenvalue weighted by Crippen LogP contribution is 2.36. The van der Waals surface area contributed by atoms with Gasteiger partial charge >= 0.3 is 0 Å². The number of benzene rings is 3. The molecule has 0 saturated heterocycles. The number of hydrogen-bond acceptors (Lipinski definition) is 4. The van der Waals surface area contributed by atoms with Gasteiger partial charge in [0.1, 0.15) is 12.4 Å². The van der Waals surface area contributed by atoms with E-state index in [0.717, 1.165) is 16.9 Å². The van der Waals surface area contributed by atoms with Crippen molar-refractivity contribution in [3.8, 4) is 5.75 Å². The SMILES string of the molecule is O=C(NCCc1ccc(Br)cc1F)c1cccc2c1OCCN2Cc1cncn1Cc1ccc(Cl)cc1. The molecule has 0 radical (unpaired) electrons. The van der Waals surface area contributed by atoms with Crippen LogP contribution in [-0.4, -0.2) is 35.2 Å². The first-order valence-corrected chi connectivity index (χ1v) is 13.1. The number of aromatic nitrogens is 2. The van der Waals surface area contributed by atoms with E-state index in [9.17, 15) is 9.18 Å². The van der Waals surface area contributed by atoms with Crippen molar-refractivity contribution in [1.29, 1.82) is 0 Å². The Kier molecular flexibility index (Phi) is 7.76. The maximum absolute atomic E-state index is 14.1. The Bertz CT molecular complexity index is 1410. The van der Waals surface area contributed by atoms with Crippen LogP contribution in [0.1, 0.15) is 27.2 Å². The smallest absolute Gasteiger partial charge is 0.255 e. The number of halogens is 3. The van der Waals surface area contributed by atoms with Crippen molar-refractivity contribution in [3.63, 3.8) is 0 Å². The lowest BCUT2D eigenvalue weighted by Crippen LogP contribution is -2.34. The maximum atomic E-state index is 14.1. The highest BCUT2D eigenvalue weighted by atomic mass is 79.9. The third-order valence-corrected chi connectivity index (χ3v) is 7.04. The number of nitrogens with zero attached hydrogens (tertiary/aromatic N) is 3. The molecule has 0 spiro atoms. The van der Waals surface area contributed by atoms with Gasteiger partial charge in [-0.2, -0.15) is 0 Å². The minimum Gasteiger partial charge on any atom is -0.489 e. The number of fused-ring (bicyclic) bond motifs is 1. The molecule has 4 aromatic rings. The number of nitrogens with one attached hydrogen (secondary N) is 1. The van der Waals surface area contributed by atoms with Gasteiger partial charge in [0.2, 0.25) is 0 Å². The van der Waals surface area contributed by atoms with Crippen LogP contribution >= 0.6 is 27.5 Å². The second-order valence-electron chi connectivity index (χ2n) is 8.80. The lowest BCUT2D eigenvalue weighted by molar-refractivity contribution is 0.0949. The summed E-state index contributed by atoms with van der Waals surface area (Å²) in [5.41, 5.74) is 4.06. The van der Waals surface area contributed by atoms with Crippen molar-refractivity contribution in [2.24, 2.45) is 0 Å².